The fourth-order valence-corrected chi connectivity index (χ4v) is 9.71. The SMILES string of the molecule is CCN(C(=O)Cn1c(C(=O)N[C@H]2CC[C@H](C(=O)NCCCCCCNC(=O)[C@H](CC(O)OCC(C)C)NC(=O)[C@H](CC(=O)OCC(C)C)NC(=O)[C@H](CC(=O)OCC(C)C)NC(C)=O)CC2)cc2sccc21)c1cccc(C)c1. The second-order valence-corrected chi connectivity index (χ2v) is 22.6. The third-order valence-electron chi connectivity index (χ3n) is 13.0. The third kappa shape index (κ3) is 22.7. The lowest BCUT2D eigenvalue weighted by Crippen LogP contribution is -2.58. The number of nitrogens with one attached hydrogen (secondary N) is 6. The van der Waals surface area contributed by atoms with Crippen LogP contribution in [0.15, 0.2) is 41.8 Å². The van der Waals surface area contributed by atoms with Crippen molar-refractivity contribution in [3.8, 4) is 0 Å². The maximum Gasteiger partial charge on any atom is 0.308 e. The van der Waals surface area contributed by atoms with Gasteiger partial charge in [-0.15, -0.1) is 11.3 Å². The van der Waals surface area contributed by atoms with Gasteiger partial charge in [-0.3, -0.25) is 43.2 Å². The zero-order valence-electron chi connectivity index (χ0n) is 47.6. The predicted molar refractivity (Wildman–Crippen MR) is 300 cm³/mol. The van der Waals surface area contributed by atoms with Crippen molar-refractivity contribution in [3.05, 3.63) is 53.0 Å². The summed E-state index contributed by atoms with van der Waals surface area (Å²) in [6.45, 7) is 17.5. The van der Waals surface area contributed by atoms with Gasteiger partial charge < -0.3 is 60.7 Å². The normalized spacial score (nSPS) is 15.9. The highest BCUT2D eigenvalue weighted by atomic mass is 32.1. The molecule has 1 aliphatic rings. The van der Waals surface area contributed by atoms with Crippen LogP contribution in [0.4, 0.5) is 5.69 Å². The van der Waals surface area contributed by atoms with Crippen LogP contribution in [0, 0.1) is 30.6 Å². The van der Waals surface area contributed by atoms with E-state index in [1.807, 2.05) is 97.2 Å². The summed E-state index contributed by atoms with van der Waals surface area (Å²) < 4.78 is 18.7. The van der Waals surface area contributed by atoms with E-state index >= 15 is 0 Å². The number of aliphatic hydroxyl groups excluding tert-OH is 1. The Morgan fingerprint density at radius 1 is 0.722 bits per heavy atom. The molecule has 0 saturated heterocycles. The van der Waals surface area contributed by atoms with Crippen LogP contribution in [0.1, 0.15) is 142 Å². The van der Waals surface area contributed by atoms with Crippen LogP contribution < -0.4 is 36.8 Å². The number of rotatable bonds is 33. The number of unbranched alkanes of at least 4 members (excludes halogenated alkanes) is 3. The van der Waals surface area contributed by atoms with Gasteiger partial charge in [0.05, 0.1) is 42.9 Å². The number of carbonyl (C=O) groups is 9. The highest BCUT2D eigenvalue weighted by Crippen LogP contribution is 2.28. The number of ether oxygens (including phenoxy) is 3. The highest BCUT2D eigenvalue weighted by Gasteiger charge is 2.34. The second-order valence-electron chi connectivity index (χ2n) is 21.6. The van der Waals surface area contributed by atoms with E-state index in [1.165, 1.54) is 11.3 Å². The Balaban J connectivity index is 1.25. The fourth-order valence-electron chi connectivity index (χ4n) is 8.89. The highest BCUT2D eigenvalue weighted by molar-refractivity contribution is 7.17. The van der Waals surface area contributed by atoms with Gasteiger partial charge in [-0.2, -0.15) is 0 Å². The van der Waals surface area contributed by atoms with Gasteiger partial charge in [-0.1, -0.05) is 66.5 Å². The Kier molecular flexibility index (Phi) is 27.4. The number of aromatic nitrogens is 1. The van der Waals surface area contributed by atoms with E-state index in [1.54, 1.807) is 9.47 Å². The molecule has 7 N–H and O–H groups in total. The second kappa shape index (κ2) is 33.3. The smallest absolute Gasteiger partial charge is 0.308 e. The van der Waals surface area contributed by atoms with Gasteiger partial charge in [0.1, 0.15) is 30.4 Å². The van der Waals surface area contributed by atoms with Crippen molar-refractivity contribution in [2.24, 2.45) is 23.7 Å². The average Bonchev–Trinajstić information content (AvgIpc) is 4.03. The molecule has 1 unspecified atom stereocenters. The summed E-state index contributed by atoms with van der Waals surface area (Å²) in [5.74, 6) is -5.42. The molecule has 1 aromatic carbocycles. The van der Waals surface area contributed by atoms with Crippen molar-refractivity contribution >= 4 is 80.5 Å². The predicted octanol–water partition coefficient (Wildman–Crippen LogP) is 5.18. The first-order valence-corrected chi connectivity index (χ1v) is 28.7. The van der Waals surface area contributed by atoms with Crippen molar-refractivity contribution in [2.45, 2.75) is 170 Å². The molecule has 2 aromatic heterocycles. The van der Waals surface area contributed by atoms with E-state index in [0.29, 0.717) is 63.7 Å². The number of amides is 7. The summed E-state index contributed by atoms with van der Waals surface area (Å²) >= 11 is 1.51. The Hall–Kier alpha value is -6.39. The lowest BCUT2D eigenvalue weighted by atomic mass is 9.85. The first-order chi connectivity index (χ1) is 37.5. The van der Waals surface area contributed by atoms with Crippen molar-refractivity contribution in [3.63, 3.8) is 0 Å². The fraction of sp³-hybridized carbons (Fsp3) is 0.632. The molecule has 1 fully saturated rings. The standard InChI is InChI=1S/C57H86N8O13S/c1-10-64(42-17-15-16-38(8)26-42)49(67)31-65-46-22-25-79-48(46)30-47(65)57(75)61-41-20-18-40(19-21-41)53(71)58-23-13-11-12-14-24-59-54(72)43(27-50(68)76-32-35(2)3)62-56(74)45(29-52(70)78-34-37(6)7)63-55(73)44(60-39(9)66)28-51(69)77-33-36(4)5/h15-17,22,25-26,30,35-37,40-41,43-45,50,68H,10-14,18-21,23-24,27-29,31-34H2,1-9H3,(H,58,71)(H,59,72)(H,60,66)(H,61,75)(H,62,74)(H,63,73)/t40-,41-,43-,44-,45-,50?/m0/s1. The summed E-state index contributed by atoms with van der Waals surface area (Å²) in [5.41, 5.74) is 3.11. The van der Waals surface area contributed by atoms with E-state index in [-0.39, 0.29) is 86.8 Å². The van der Waals surface area contributed by atoms with E-state index in [4.69, 9.17) is 14.2 Å². The summed E-state index contributed by atoms with van der Waals surface area (Å²) in [4.78, 5) is 121. The summed E-state index contributed by atoms with van der Waals surface area (Å²) in [6, 6.07) is 6.96. The molecule has 438 valence electrons. The van der Waals surface area contributed by atoms with Gasteiger partial charge in [0.15, 0.2) is 6.29 Å². The topological polar surface area (TPSA) is 282 Å². The van der Waals surface area contributed by atoms with E-state index < -0.39 is 72.8 Å². The summed E-state index contributed by atoms with van der Waals surface area (Å²) in [7, 11) is 0. The molecule has 21 nitrogen and oxygen atoms in total. The van der Waals surface area contributed by atoms with E-state index in [0.717, 1.165) is 34.8 Å². The molecule has 22 heteroatoms. The first-order valence-electron chi connectivity index (χ1n) is 27.8. The third-order valence-corrected chi connectivity index (χ3v) is 13.9. The maximum atomic E-state index is 13.9. The van der Waals surface area contributed by atoms with Crippen LogP contribution in [0.25, 0.3) is 10.2 Å². The van der Waals surface area contributed by atoms with Gasteiger partial charge in [-0.25, -0.2) is 0 Å². The number of benzene rings is 1. The molecule has 2 heterocycles. The zero-order valence-corrected chi connectivity index (χ0v) is 48.4. The van der Waals surface area contributed by atoms with E-state index in [9.17, 15) is 48.3 Å². The number of fused-ring (bicyclic) bond motifs is 1. The number of nitrogens with zero attached hydrogens (tertiary/aromatic N) is 2. The molecule has 0 radical (unpaired) electrons. The average molecular weight is 1120 g/mol. The van der Waals surface area contributed by atoms with Crippen LogP contribution >= 0.6 is 11.3 Å². The van der Waals surface area contributed by atoms with Crippen LogP contribution in [-0.4, -0.2) is 133 Å². The molecule has 0 aliphatic heterocycles. The Bertz CT molecular complexity index is 2500. The Labute approximate surface area is 468 Å². The molecule has 3 aromatic rings. The van der Waals surface area contributed by atoms with Gasteiger partial charge in [0.25, 0.3) is 5.91 Å². The van der Waals surface area contributed by atoms with Crippen molar-refractivity contribution in [1.82, 2.24) is 36.5 Å². The summed E-state index contributed by atoms with van der Waals surface area (Å²) in [6.07, 6.45) is 2.13. The number of thiophene rings is 1. The largest absolute Gasteiger partial charge is 0.465 e. The van der Waals surface area contributed by atoms with Gasteiger partial charge >= 0.3 is 11.9 Å². The lowest BCUT2D eigenvalue weighted by Gasteiger charge is -2.28. The molecule has 1 saturated carbocycles. The quantitative estimate of drug-likeness (QED) is 0.0236. The number of aryl methyl sites for hydroxylation is 1. The minimum atomic E-state index is -1.63. The first kappa shape index (κ1) is 65.1. The number of esters is 2. The summed E-state index contributed by atoms with van der Waals surface area (Å²) in [5, 5.41) is 29.1. The molecule has 79 heavy (non-hydrogen) atoms. The van der Waals surface area contributed by atoms with Crippen LogP contribution in [0.5, 0.6) is 0 Å². The molecule has 0 bridgehead atoms. The Morgan fingerprint density at radius 2 is 1.30 bits per heavy atom. The number of likely N-dealkylation sites (N-methyl/N-ethyl adjacent to an activating group) is 1. The molecule has 0 spiro atoms. The minimum absolute atomic E-state index is 0.00242. The van der Waals surface area contributed by atoms with Gasteiger partial charge in [-0.05, 0) is 105 Å². The number of anilines is 1. The monoisotopic (exact) mass is 1120 g/mol. The van der Waals surface area contributed by atoms with Crippen molar-refractivity contribution in [2.75, 3.05) is 44.4 Å². The number of hydrogen-bond acceptors (Lipinski definition) is 14. The molecule has 4 atom stereocenters. The van der Waals surface area contributed by atoms with Crippen molar-refractivity contribution < 1.29 is 62.5 Å². The lowest BCUT2D eigenvalue weighted by molar-refractivity contribution is -0.149. The number of carbonyl (C=O) groups excluding carboxylic acids is 9. The molecular formula is C57H86N8O13S. The van der Waals surface area contributed by atoms with E-state index in [2.05, 4.69) is 31.9 Å². The molecule has 7 amide bonds. The minimum Gasteiger partial charge on any atom is -0.465 e. The van der Waals surface area contributed by atoms with Gasteiger partial charge in [0, 0.05) is 50.6 Å². The van der Waals surface area contributed by atoms with Crippen LogP contribution in [-0.2, 0) is 59.1 Å². The van der Waals surface area contributed by atoms with Crippen molar-refractivity contribution in [1.29, 1.82) is 0 Å². The number of hydrogen-bond donors (Lipinski definition) is 7. The Morgan fingerprint density at radius 3 is 1.87 bits per heavy atom. The van der Waals surface area contributed by atoms with Gasteiger partial charge in [0.2, 0.25) is 35.4 Å². The molecule has 4 rings (SSSR count). The molecule has 1 aliphatic carbocycles. The molecular weight excluding hydrogens is 1040 g/mol. The zero-order chi connectivity index (χ0) is 58.2. The van der Waals surface area contributed by atoms with Crippen LogP contribution in [0.2, 0.25) is 0 Å². The maximum absolute atomic E-state index is 13.9. The number of aliphatic hydroxyl groups is 1. The van der Waals surface area contributed by atoms with Crippen LogP contribution in [0.3, 0.4) is 0 Å².